The topological polar surface area (TPSA) is 88.1 Å². The number of ether oxygens (including phenoxy) is 2. The number of nitrogens with zero attached hydrogens (tertiary/aromatic N) is 1. The van der Waals surface area contributed by atoms with Crippen molar-refractivity contribution in [2.24, 2.45) is 0 Å². The lowest BCUT2D eigenvalue weighted by Gasteiger charge is -2.26. The third kappa shape index (κ3) is 8.21. The van der Waals surface area contributed by atoms with E-state index in [2.05, 4.69) is 5.32 Å². The van der Waals surface area contributed by atoms with Gasteiger partial charge in [0.2, 0.25) is 0 Å². The minimum Gasteiger partial charge on any atom is -0.489 e. The number of anilines is 1. The molecule has 0 aromatic heterocycles. The van der Waals surface area contributed by atoms with E-state index in [0.29, 0.717) is 6.54 Å². The number of hydrogen-bond donors (Lipinski definition) is 2. The number of aromatic carboxylic acids is 1. The Morgan fingerprint density at radius 1 is 0.905 bits per heavy atom. The maximum absolute atomic E-state index is 13.4. The molecule has 0 aliphatic rings. The molecule has 7 nitrogen and oxygen atoms in total. The number of carboxylic acids is 1. The summed E-state index contributed by atoms with van der Waals surface area (Å²) in [6.07, 6.45) is 1.95. The van der Waals surface area contributed by atoms with Gasteiger partial charge in [0.05, 0.1) is 5.56 Å². The average Bonchev–Trinajstić information content (AvgIpc) is 2.95. The van der Waals surface area contributed by atoms with Crippen LogP contribution >= 0.6 is 0 Å². The fraction of sp³-hybridized carbons (Fsp3) is 0.257. The normalized spacial score (nSPS) is 12.5. The van der Waals surface area contributed by atoms with E-state index in [1.165, 1.54) is 0 Å². The van der Waals surface area contributed by atoms with Crippen LogP contribution in [0.4, 0.5) is 5.69 Å². The zero-order chi connectivity index (χ0) is 30.3. The number of carbonyl (C=O) groups is 2. The quantitative estimate of drug-likeness (QED) is 0.194. The first-order chi connectivity index (χ1) is 20.0. The van der Waals surface area contributed by atoms with Gasteiger partial charge in [0.1, 0.15) is 24.0 Å². The van der Waals surface area contributed by atoms with Gasteiger partial charge in [-0.3, -0.25) is 5.32 Å². The Balaban J connectivity index is 1.63. The third-order valence-corrected chi connectivity index (χ3v) is 6.61. The first kappa shape index (κ1) is 30.3. The average molecular weight is 567 g/mol. The monoisotopic (exact) mass is 566 g/mol. The highest BCUT2D eigenvalue weighted by molar-refractivity contribution is 5.88. The Morgan fingerprint density at radius 3 is 2.21 bits per heavy atom. The van der Waals surface area contributed by atoms with Gasteiger partial charge in [-0.1, -0.05) is 66.7 Å². The molecule has 0 spiro atoms. The second-order valence-electron chi connectivity index (χ2n) is 11.3. The van der Waals surface area contributed by atoms with Crippen LogP contribution in [0.1, 0.15) is 48.3 Å². The van der Waals surface area contributed by atoms with E-state index in [-0.39, 0.29) is 18.1 Å². The molecule has 4 aromatic rings. The molecule has 4 rings (SSSR count). The van der Waals surface area contributed by atoms with Crippen LogP contribution < -0.4 is 15.0 Å². The highest BCUT2D eigenvalue weighted by Crippen LogP contribution is 2.26. The highest BCUT2D eigenvalue weighted by atomic mass is 16.6. The zero-order valence-corrected chi connectivity index (χ0v) is 24.8. The van der Waals surface area contributed by atoms with E-state index in [4.69, 9.17) is 9.47 Å². The van der Waals surface area contributed by atoms with Crippen molar-refractivity contribution < 1.29 is 24.2 Å². The molecule has 0 amide bonds. The molecular weight excluding hydrogens is 528 g/mol. The van der Waals surface area contributed by atoms with Crippen molar-refractivity contribution in [3.8, 4) is 5.75 Å². The number of nitrogens with one attached hydrogen (secondary N) is 1. The fourth-order valence-corrected chi connectivity index (χ4v) is 4.49. The van der Waals surface area contributed by atoms with Crippen molar-refractivity contribution in [2.45, 2.75) is 32.4 Å². The lowest BCUT2D eigenvalue weighted by molar-refractivity contribution is -0.157. The Kier molecular flexibility index (Phi) is 9.65. The van der Waals surface area contributed by atoms with Crippen molar-refractivity contribution in [3.05, 3.63) is 113 Å². The molecule has 0 aliphatic carbocycles. The molecule has 1 unspecified atom stereocenters. The van der Waals surface area contributed by atoms with Gasteiger partial charge in [0.25, 0.3) is 0 Å². The van der Waals surface area contributed by atoms with Crippen molar-refractivity contribution in [1.82, 2.24) is 5.32 Å². The molecule has 218 valence electrons. The first-order valence-electron chi connectivity index (χ1n) is 13.9. The highest BCUT2D eigenvalue weighted by Gasteiger charge is 2.27. The van der Waals surface area contributed by atoms with Crippen LogP contribution in [0.25, 0.3) is 16.8 Å². The lowest BCUT2D eigenvalue weighted by Crippen LogP contribution is -2.36. The molecule has 4 aromatic carbocycles. The number of hydrogen-bond acceptors (Lipinski definition) is 6. The molecule has 2 N–H and O–H groups in total. The van der Waals surface area contributed by atoms with E-state index in [1.807, 2.05) is 113 Å². The van der Waals surface area contributed by atoms with E-state index in [9.17, 15) is 14.7 Å². The molecule has 1 atom stereocenters. The predicted octanol–water partition coefficient (Wildman–Crippen LogP) is 6.74. The second-order valence-corrected chi connectivity index (χ2v) is 11.3. The SMILES string of the molecule is CN(C)c1ccc(C(NC/C(=C/c2ccc(C(=O)O)cc2)COc2cccc3ccccc23)C(=O)OC(C)(C)C)cc1. The Hall–Kier alpha value is -4.62. The minimum absolute atomic E-state index is 0.213. The van der Waals surface area contributed by atoms with Gasteiger partial charge < -0.3 is 19.5 Å². The number of fused-ring (bicyclic) bond motifs is 1. The maximum atomic E-state index is 13.4. The molecule has 0 heterocycles. The van der Waals surface area contributed by atoms with Gasteiger partial charge in [-0.25, -0.2) is 9.59 Å². The van der Waals surface area contributed by atoms with E-state index in [1.54, 1.807) is 24.3 Å². The predicted molar refractivity (Wildman–Crippen MR) is 168 cm³/mol. The number of benzene rings is 4. The van der Waals surface area contributed by atoms with Crippen LogP contribution in [-0.4, -0.2) is 49.9 Å². The number of carboxylic acid groups (broad SMARTS) is 1. The third-order valence-electron chi connectivity index (χ3n) is 6.61. The molecule has 42 heavy (non-hydrogen) atoms. The molecule has 0 bridgehead atoms. The number of rotatable bonds is 11. The Bertz CT molecular complexity index is 1550. The summed E-state index contributed by atoms with van der Waals surface area (Å²) in [5.74, 6) is -0.601. The van der Waals surface area contributed by atoms with Crippen LogP contribution in [0, 0.1) is 0 Å². The molecule has 7 heteroatoms. The van der Waals surface area contributed by atoms with Gasteiger partial charge in [0.15, 0.2) is 0 Å². The van der Waals surface area contributed by atoms with Gasteiger partial charge >= 0.3 is 11.9 Å². The van der Waals surface area contributed by atoms with E-state index < -0.39 is 17.6 Å². The number of esters is 1. The lowest BCUT2D eigenvalue weighted by atomic mass is 10.0. The zero-order valence-electron chi connectivity index (χ0n) is 24.8. The van der Waals surface area contributed by atoms with Gasteiger partial charge in [-0.2, -0.15) is 0 Å². The summed E-state index contributed by atoms with van der Waals surface area (Å²) < 4.78 is 12.1. The van der Waals surface area contributed by atoms with Crippen LogP contribution in [0.3, 0.4) is 0 Å². The van der Waals surface area contributed by atoms with Crippen molar-refractivity contribution in [2.75, 3.05) is 32.1 Å². The van der Waals surface area contributed by atoms with Crippen LogP contribution in [0.15, 0.2) is 96.6 Å². The van der Waals surface area contributed by atoms with Crippen molar-refractivity contribution in [1.29, 1.82) is 0 Å². The van der Waals surface area contributed by atoms with E-state index in [0.717, 1.165) is 38.9 Å². The standard InChI is InChI=1S/C35H38N2O5/c1-35(2,3)42-34(40)32(27-17-19-29(20-18-27)37(4)5)36-22-25(21-24-13-15-28(16-14-24)33(38)39)23-41-31-12-8-10-26-9-6-7-11-30(26)31/h6-21,32,36H,22-23H2,1-5H3,(H,38,39)/b25-21-. The molecule has 0 saturated carbocycles. The summed E-state index contributed by atoms with van der Waals surface area (Å²) in [5.41, 5.74) is 3.06. The molecular formula is C35H38N2O5. The summed E-state index contributed by atoms with van der Waals surface area (Å²) in [4.78, 5) is 26.7. The summed E-state index contributed by atoms with van der Waals surface area (Å²) in [6.45, 7) is 6.12. The van der Waals surface area contributed by atoms with Crippen molar-refractivity contribution in [3.63, 3.8) is 0 Å². The molecule has 0 fully saturated rings. The summed E-state index contributed by atoms with van der Waals surface area (Å²) >= 11 is 0. The summed E-state index contributed by atoms with van der Waals surface area (Å²) in [6, 6.07) is 27.7. The summed E-state index contributed by atoms with van der Waals surface area (Å²) in [7, 11) is 3.93. The Labute approximate surface area is 247 Å². The molecule has 0 aliphatic heterocycles. The van der Waals surface area contributed by atoms with Crippen LogP contribution in [0.2, 0.25) is 0 Å². The van der Waals surface area contributed by atoms with Crippen molar-refractivity contribution >= 4 is 34.5 Å². The van der Waals surface area contributed by atoms with Crippen LogP contribution in [0.5, 0.6) is 5.75 Å². The largest absolute Gasteiger partial charge is 0.489 e. The second kappa shape index (κ2) is 13.4. The minimum atomic E-state index is -0.979. The smallest absolute Gasteiger partial charge is 0.335 e. The van der Waals surface area contributed by atoms with Crippen LogP contribution in [-0.2, 0) is 9.53 Å². The molecule has 0 radical (unpaired) electrons. The first-order valence-corrected chi connectivity index (χ1v) is 13.9. The van der Waals surface area contributed by atoms with Gasteiger partial charge in [-0.05, 0) is 73.2 Å². The van der Waals surface area contributed by atoms with Gasteiger partial charge in [0, 0.05) is 31.7 Å². The number of carbonyl (C=O) groups excluding carboxylic acids is 1. The summed E-state index contributed by atoms with van der Waals surface area (Å²) in [5, 5.41) is 14.8. The Morgan fingerprint density at radius 2 is 1.57 bits per heavy atom. The maximum Gasteiger partial charge on any atom is 0.335 e. The van der Waals surface area contributed by atoms with Gasteiger partial charge in [-0.15, -0.1) is 0 Å². The fourth-order valence-electron chi connectivity index (χ4n) is 4.49. The van der Waals surface area contributed by atoms with E-state index >= 15 is 0 Å². The molecule has 0 saturated heterocycles.